The molecule has 8 heteroatoms. The van der Waals surface area contributed by atoms with Crippen molar-refractivity contribution in [3.63, 3.8) is 0 Å². The summed E-state index contributed by atoms with van der Waals surface area (Å²) >= 11 is 3.20. The molecule has 4 rings (SSSR count). The molecule has 3 aromatic rings. The molecule has 0 radical (unpaired) electrons. The first-order valence-electron chi connectivity index (χ1n) is 9.40. The molecule has 0 unspecified atom stereocenters. The average molecular weight is 450 g/mol. The number of thiazole rings is 1. The zero-order valence-electron chi connectivity index (χ0n) is 16.2. The van der Waals surface area contributed by atoms with E-state index < -0.39 is 0 Å². The third-order valence-electron chi connectivity index (χ3n) is 4.78. The van der Waals surface area contributed by atoms with Crippen LogP contribution in [0.4, 0.5) is 5.13 Å². The highest BCUT2D eigenvalue weighted by Gasteiger charge is 2.20. The number of halogens is 1. The van der Waals surface area contributed by atoms with Gasteiger partial charge in [-0.25, -0.2) is 4.98 Å². The van der Waals surface area contributed by atoms with Gasteiger partial charge >= 0.3 is 0 Å². The van der Waals surface area contributed by atoms with Crippen LogP contribution < -0.4 is 4.90 Å². The van der Waals surface area contributed by atoms with E-state index in [1.54, 1.807) is 28.7 Å². The fraction of sp³-hybridized carbons (Fsp3) is 0.333. The number of morpholine rings is 1. The van der Waals surface area contributed by atoms with Crippen molar-refractivity contribution >= 4 is 62.4 Å². The van der Waals surface area contributed by atoms with Crippen molar-refractivity contribution in [1.82, 2.24) is 9.88 Å². The third kappa shape index (κ3) is 5.43. The smallest absolute Gasteiger partial charge is 0.252 e. The number of aryl methyl sites for hydroxylation is 1. The highest BCUT2D eigenvalue weighted by atomic mass is 35.5. The SMILES string of the molecule is Cc1cccc2sc(N(CCN3CCOCC3)C(=O)/C=C/c3cccs3)nc12.Cl. The summed E-state index contributed by atoms with van der Waals surface area (Å²) in [5, 5.41) is 2.77. The van der Waals surface area contributed by atoms with Crippen LogP contribution in [0.1, 0.15) is 10.4 Å². The number of anilines is 1. The maximum Gasteiger partial charge on any atom is 0.252 e. The fourth-order valence-corrected chi connectivity index (χ4v) is 4.88. The van der Waals surface area contributed by atoms with Crippen molar-refractivity contribution in [3.8, 4) is 0 Å². The van der Waals surface area contributed by atoms with E-state index >= 15 is 0 Å². The van der Waals surface area contributed by atoms with Gasteiger partial charge in [-0.1, -0.05) is 29.5 Å². The van der Waals surface area contributed by atoms with Gasteiger partial charge in [0.2, 0.25) is 0 Å². The zero-order chi connectivity index (χ0) is 19.3. The molecule has 2 aromatic heterocycles. The van der Waals surface area contributed by atoms with Gasteiger partial charge < -0.3 is 4.74 Å². The van der Waals surface area contributed by atoms with Gasteiger partial charge in [-0.15, -0.1) is 23.7 Å². The summed E-state index contributed by atoms with van der Waals surface area (Å²) in [4.78, 5) is 23.1. The lowest BCUT2D eigenvalue weighted by atomic mass is 10.2. The minimum absolute atomic E-state index is 0. The van der Waals surface area contributed by atoms with Crippen LogP contribution in [0.5, 0.6) is 0 Å². The van der Waals surface area contributed by atoms with E-state index in [0.717, 1.165) is 58.6 Å². The maximum atomic E-state index is 13.0. The number of nitrogens with zero attached hydrogens (tertiary/aromatic N) is 3. The van der Waals surface area contributed by atoms with Crippen LogP contribution in [0, 0.1) is 6.92 Å². The molecule has 0 saturated carbocycles. The fourth-order valence-electron chi connectivity index (χ4n) is 3.19. The van der Waals surface area contributed by atoms with Crippen LogP contribution in [-0.2, 0) is 9.53 Å². The molecule has 0 spiro atoms. The second-order valence-electron chi connectivity index (χ2n) is 6.71. The second-order valence-corrected chi connectivity index (χ2v) is 8.70. The van der Waals surface area contributed by atoms with E-state index in [0.29, 0.717) is 6.54 Å². The predicted octanol–water partition coefficient (Wildman–Crippen LogP) is 4.47. The number of rotatable bonds is 6. The monoisotopic (exact) mass is 449 g/mol. The molecule has 1 aliphatic heterocycles. The predicted molar refractivity (Wildman–Crippen MR) is 125 cm³/mol. The van der Waals surface area contributed by atoms with Crippen molar-refractivity contribution in [2.45, 2.75) is 6.92 Å². The Morgan fingerprint density at radius 1 is 1.28 bits per heavy atom. The lowest BCUT2D eigenvalue weighted by molar-refractivity contribution is -0.114. The van der Waals surface area contributed by atoms with E-state index in [1.165, 1.54) is 0 Å². The van der Waals surface area contributed by atoms with Crippen molar-refractivity contribution in [1.29, 1.82) is 0 Å². The standard InChI is InChI=1S/C21H23N3O2S2.ClH/c1-16-4-2-6-18-20(16)22-21(28-18)24(10-9-23-11-13-26-14-12-23)19(25)8-7-17-5-3-15-27-17;/h2-8,15H,9-14H2,1H3;1H/b8-7+;. The minimum Gasteiger partial charge on any atom is -0.379 e. The molecule has 1 aliphatic rings. The zero-order valence-corrected chi connectivity index (χ0v) is 18.7. The number of fused-ring (bicyclic) bond motifs is 1. The number of hydrogen-bond acceptors (Lipinski definition) is 6. The summed E-state index contributed by atoms with van der Waals surface area (Å²) in [6, 6.07) is 10.2. The number of amides is 1. The molecular formula is C21H24ClN3O2S2. The lowest BCUT2D eigenvalue weighted by Gasteiger charge is -2.28. The molecular weight excluding hydrogens is 426 g/mol. The largest absolute Gasteiger partial charge is 0.379 e. The first-order valence-corrected chi connectivity index (χ1v) is 11.1. The molecule has 0 atom stereocenters. The summed E-state index contributed by atoms with van der Waals surface area (Å²) < 4.78 is 6.54. The highest BCUT2D eigenvalue weighted by Crippen LogP contribution is 2.30. The average Bonchev–Trinajstić information content (AvgIpc) is 3.38. The Balaban J connectivity index is 0.00000240. The Morgan fingerprint density at radius 2 is 2.10 bits per heavy atom. The van der Waals surface area contributed by atoms with Gasteiger partial charge in [0.25, 0.3) is 5.91 Å². The summed E-state index contributed by atoms with van der Waals surface area (Å²) in [5.74, 6) is -0.0293. The van der Waals surface area contributed by atoms with E-state index in [1.807, 2.05) is 34.6 Å². The maximum absolute atomic E-state index is 13.0. The van der Waals surface area contributed by atoms with Gasteiger partial charge in [0.05, 0.1) is 23.4 Å². The van der Waals surface area contributed by atoms with Crippen molar-refractivity contribution in [2.75, 3.05) is 44.3 Å². The first kappa shape index (κ1) is 21.9. The molecule has 0 N–H and O–H groups in total. The molecule has 29 heavy (non-hydrogen) atoms. The molecule has 0 bridgehead atoms. The van der Waals surface area contributed by atoms with Crippen LogP contribution in [0.15, 0.2) is 41.8 Å². The van der Waals surface area contributed by atoms with Gasteiger partial charge in [-0.2, -0.15) is 0 Å². The summed E-state index contributed by atoms with van der Waals surface area (Å²) in [6.07, 6.45) is 3.54. The number of hydrogen-bond donors (Lipinski definition) is 0. The lowest BCUT2D eigenvalue weighted by Crippen LogP contribution is -2.42. The molecule has 1 saturated heterocycles. The molecule has 1 aromatic carbocycles. The van der Waals surface area contributed by atoms with Crippen LogP contribution in [-0.4, -0.2) is 55.2 Å². The molecule has 3 heterocycles. The van der Waals surface area contributed by atoms with E-state index in [2.05, 4.69) is 24.0 Å². The number of ether oxygens (including phenoxy) is 1. The number of benzene rings is 1. The van der Waals surface area contributed by atoms with Gasteiger partial charge in [0.15, 0.2) is 5.13 Å². The topological polar surface area (TPSA) is 45.7 Å². The molecule has 154 valence electrons. The van der Waals surface area contributed by atoms with Crippen molar-refractivity contribution < 1.29 is 9.53 Å². The van der Waals surface area contributed by atoms with Crippen LogP contribution in [0.3, 0.4) is 0 Å². The number of aromatic nitrogens is 1. The van der Waals surface area contributed by atoms with E-state index in [-0.39, 0.29) is 18.3 Å². The van der Waals surface area contributed by atoms with Gasteiger partial charge in [-0.3, -0.25) is 14.6 Å². The Hall–Kier alpha value is -1.77. The van der Waals surface area contributed by atoms with Gasteiger partial charge in [-0.05, 0) is 36.1 Å². The van der Waals surface area contributed by atoms with Gasteiger partial charge in [0, 0.05) is 37.1 Å². The van der Waals surface area contributed by atoms with Crippen molar-refractivity contribution in [3.05, 3.63) is 52.2 Å². The van der Waals surface area contributed by atoms with Crippen LogP contribution in [0.25, 0.3) is 16.3 Å². The van der Waals surface area contributed by atoms with Crippen molar-refractivity contribution in [2.24, 2.45) is 0 Å². The normalized spacial score (nSPS) is 14.9. The summed E-state index contributed by atoms with van der Waals surface area (Å²) in [5.41, 5.74) is 2.11. The number of carbonyl (C=O) groups excluding carboxylic acids is 1. The number of thiophene rings is 1. The Kier molecular flexibility index (Phi) is 7.80. The van der Waals surface area contributed by atoms with Gasteiger partial charge in [0.1, 0.15) is 0 Å². The number of carbonyl (C=O) groups is 1. The second kappa shape index (κ2) is 10.3. The number of para-hydroxylation sites is 1. The third-order valence-corrected chi connectivity index (χ3v) is 6.66. The Morgan fingerprint density at radius 3 is 2.83 bits per heavy atom. The Bertz CT molecular complexity index is 966. The quantitative estimate of drug-likeness (QED) is 0.521. The summed E-state index contributed by atoms with van der Waals surface area (Å²) in [7, 11) is 0. The molecule has 1 fully saturated rings. The minimum atomic E-state index is -0.0293. The van der Waals surface area contributed by atoms with E-state index in [9.17, 15) is 4.79 Å². The van der Waals surface area contributed by atoms with Crippen LogP contribution in [0.2, 0.25) is 0 Å². The molecule has 0 aliphatic carbocycles. The first-order chi connectivity index (χ1) is 13.7. The Labute approximate surface area is 185 Å². The summed E-state index contributed by atoms with van der Waals surface area (Å²) in [6.45, 7) is 6.82. The highest BCUT2D eigenvalue weighted by molar-refractivity contribution is 7.22. The molecule has 5 nitrogen and oxygen atoms in total. The van der Waals surface area contributed by atoms with E-state index in [4.69, 9.17) is 9.72 Å². The molecule has 1 amide bonds. The van der Waals surface area contributed by atoms with Crippen LogP contribution >= 0.6 is 35.1 Å².